The van der Waals surface area contributed by atoms with Crippen molar-refractivity contribution >= 4 is 65.8 Å². The minimum atomic E-state index is -3.99. The Bertz CT molecular complexity index is 1230. The Hall–Kier alpha value is -1.86. The van der Waals surface area contributed by atoms with E-state index in [9.17, 15) is 16.8 Å². The Kier molecular flexibility index (Phi) is 5.87. The molecule has 2 aromatic heterocycles. The molecule has 0 radical (unpaired) electrons. The van der Waals surface area contributed by atoms with E-state index < -0.39 is 19.9 Å². The van der Waals surface area contributed by atoms with Crippen molar-refractivity contribution in [3.05, 3.63) is 52.7 Å². The van der Waals surface area contributed by atoms with Crippen LogP contribution in [0.25, 0.3) is 0 Å². The van der Waals surface area contributed by atoms with E-state index in [4.69, 9.17) is 11.1 Å². The summed E-state index contributed by atoms with van der Waals surface area (Å²) in [6.07, 6.45) is 1.78. The summed E-state index contributed by atoms with van der Waals surface area (Å²) in [6, 6.07) is 10.5. The van der Waals surface area contributed by atoms with Gasteiger partial charge in [-0.25, -0.2) is 16.8 Å². The van der Waals surface area contributed by atoms with Gasteiger partial charge in [0.15, 0.2) is 0 Å². The summed E-state index contributed by atoms with van der Waals surface area (Å²) in [5.41, 5.74) is 5.78. The van der Waals surface area contributed by atoms with Crippen molar-refractivity contribution in [2.75, 3.05) is 11.0 Å². The van der Waals surface area contributed by atoms with Gasteiger partial charge in [-0.3, -0.25) is 10.1 Å². The minimum absolute atomic E-state index is 0.0797. The van der Waals surface area contributed by atoms with Gasteiger partial charge in [0.05, 0.1) is 24.6 Å². The molecule has 0 bridgehead atoms. The molecular weight excluding hydrogens is 459 g/mol. The van der Waals surface area contributed by atoms with Crippen LogP contribution in [0.4, 0.5) is 5.69 Å². The number of anilines is 1. The molecule has 4 N–H and O–H groups in total. The quantitative estimate of drug-likeness (QED) is 0.274. The second-order valence-electron chi connectivity index (χ2n) is 5.45. The van der Waals surface area contributed by atoms with E-state index >= 15 is 0 Å². The molecule has 0 saturated carbocycles. The molecule has 12 heteroatoms. The van der Waals surface area contributed by atoms with E-state index in [0.29, 0.717) is 14.8 Å². The zero-order chi connectivity index (χ0) is 20.5. The van der Waals surface area contributed by atoms with E-state index in [1.54, 1.807) is 24.5 Å². The average Bonchev–Trinajstić information content (AvgIpc) is 3.30. The third-order valence-electron chi connectivity index (χ3n) is 3.57. The number of amidine groups is 1. The van der Waals surface area contributed by atoms with Crippen molar-refractivity contribution < 1.29 is 16.8 Å². The van der Waals surface area contributed by atoms with Gasteiger partial charge in [0, 0.05) is 5.38 Å². The van der Waals surface area contributed by atoms with E-state index in [1.807, 2.05) is 0 Å². The van der Waals surface area contributed by atoms with Gasteiger partial charge in [0.2, 0.25) is 9.84 Å². The van der Waals surface area contributed by atoms with Gasteiger partial charge in [-0.05, 0) is 30.5 Å². The second kappa shape index (κ2) is 7.87. The molecule has 148 valence electrons. The van der Waals surface area contributed by atoms with Crippen molar-refractivity contribution in [3.8, 4) is 0 Å². The highest BCUT2D eigenvalue weighted by molar-refractivity contribution is 8.00. The van der Waals surface area contributed by atoms with E-state index in [1.165, 1.54) is 46.7 Å². The van der Waals surface area contributed by atoms with Gasteiger partial charge in [-0.2, -0.15) is 0 Å². The maximum atomic E-state index is 12.7. The highest BCUT2D eigenvalue weighted by Gasteiger charge is 2.25. The minimum Gasteiger partial charge on any atom is -0.383 e. The summed E-state index contributed by atoms with van der Waals surface area (Å²) in [4.78, 5) is 0.461. The summed E-state index contributed by atoms with van der Waals surface area (Å²) >= 11 is 3.35. The molecule has 0 aliphatic heterocycles. The summed E-state index contributed by atoms with van der Waals surface area (Å²) in [7, 11) is -7.79. The molecule has 7 nitrogen and oxygen atoms in total. The van der Waals surface area contributed by atoms with Gasteiger partial charge in [0.1, 0.15) is 10.0 Å². The summed E-state index contributed by atoms with van der Waals surface area (Å²) in [5, 5.41) is 8.81. The summed E-state index contributed by atoms with van der Waals surface area (Å²) in [6.45, 7) is 0. The SMILES string of the molecule is CSc1sc(C(=N)N)cc1NS(=O)(=O)c1cc(S(=O)(=O)c2ccccc2)cs1. The lowest BCUT2D eigenvalue weighted by Crippen LogP contribution is -2.12. The first-order chi connectivity index (χ1) is 13.1. The van der Waals surface area contributed by atoms with Crippen molar-refractivity contribution in [3.63, 3.8) is 0 Å². The first-order valence-electron chi connectivity index (χ1n) is 7.59. The standard InChI is InChI=1S/C16H15N3O4S5/c1-24-16-12(8-13(26-16)15(17)18)19-28(22,23)14-7-11(9-25-14)27(20,21)10-5-3-2-4-6-10/h2-9,19H,1H3,(H3,17,18). The zero-order valence-corrected chi connectivity index (χ0v) is 18.5. The first kappa shape index (κ1) is 20.9. The van der Waals surface area contributed by atoms with Crippen molar-refractivity contribution in [1.82, 2.24) is 0 Å². The van der Waals surface area contributed by atoms with Crippen LogP contribution in [0.5, 0.6) is 0 Å². The zero-order valence-electron chi connectivity index (χ0n) is 14.4. The maximum absolute atomic E-state index is 12.7. The number of sulfonamides is 1. The Balaban J connectivity index is 1.94. The summed E-state index contributed by atoms with van der Waals surface area (Å²) < 4.78 is 53.8. The molecule has 0 saturated heterocycles. The van der Waals surface area contributed by atoms with Gasteiger partial charge in [-0.15, -0.1) is 34.4 Å². The number of hydrogen-bond donors (Lipinski definition) is 3. The highest BCUT2D eigenvalue weighted by Crippen LogP contribution is 2.37. The molecule has 3 aromatic rings. The number of hydrogen-bond acceptors (Lipinski definition) is 8. The van der Waals surface area contributed by atoms with Crippen molar-refractivity contribution in [2.45, 2.75) is 18.2 Å². The molecule has 0 amide bonds. The molecule has 0 unspecified atom stereocenters. The van der Waals surface area contributed by atoms with Gasteiger partial charge in [0.25, 0.3) is 10.0 Å². The molecule has 28 heavy (non-hydrogen) atoms. The van der Waals surface area contributed by atoms with Crippen LogP contribution >= 0.6 is 34.4 Å². The normalized spacial score (nSPS) is 12.0. The van der Waals surface area contributed by atoms with Gasteiger partial charge < -0.3 is 5.73 Å². The number of benzene rings is 1. The monoisotopic (exact) mass is 473 g/mol. The lowest BCUT2D eigenvalue weighted by molar-refractivity contribution is 0.596. The smallest absolute Gasteiger partial charge is 0.271 e. The fraction of sp³-hybridized carbons (Fsp3) is 0.0625. The maximum Gasteiger partial charge on any atom is 0.271 e. The van der Waals surface area contributed by atoms with E-state index in [-0.39, 0.29) is 19.8 Å². The van der Waals surface area contributed by atoms with Crippen LogP contribution in [-0.4, -0.2) is 28.9 Å². The summed E-state index contributed by atoms with van der Waals surface area (Å²) in [5.74, 6) is -0.155. The van der Waals surface area contributed by atoms with Crippen molar-refractivity contribution in [1.29, 1.82) is 5.41 Å². The van der Waals surface area contributed by atoms with E-state index in [2.05, 4.69) is 4.72 Å². The Morgan fingerprint density at radius 3 is 2.39 bits per heavy atom. The first-order valence-corrected chi connectivity index (χ1v) is 13.5. The number of rotatable bonds is 7. The lowest BCUT2D eigenvalue weighted by atomic mass is 10.4. The van der Waals surface area contributed by atoms with Crippen LogP contribution in [0.15, 0.2) is 66.1 Å². The molecule has 3 rings (SSSR count). The molecular formula is C16H15N3O4S5. The highest BCUT2D eigenvalue weighted by atomic mass is 32.2. The number of thiophene rings is 2. The molecule has 0 fully saturated rings. The fourth-order valence-corrected chi connectivity index (χ4v) is 7.98. The Morgan fingerprint density at radius 2 is 1.79 bits per heavy atom. The van der Waals surface area contributed by atoms with Crippen LogP contribution in [-0.2, 0) is 19.9 Å². The predicted molar refractivity (Wildman–Crippen MR) is 114 cm³/mol. The Morgan fingerprint density at radius 1 is 1.11 bits per heavy atom. The van der Waals surface area contributed by atoms with Crippen LogP contribution in [0.2, 0.25) is 0 Å². The van der Waals surface area contributed by atoms with Crippen LogP contribution in [0.1, 0.15) is 4.88 Å². The second-order valence-corrected chi connectivity index (χ2v) is 12.4. The number of nitrogen functional groups attached to an aromatic ring is 1. The molecule has 0 aliphatic carbocycles. The Labute approximate surface area is 175 Å². The van der Waals surface area contributed by atoms with Crippen LogP contribution < -0.4 is 10.5 Å². The van der Waals surface area contributed by atoms with Gasteiger partial charge in [-0.1, -0.05) is 18.2 Å². The third kappa shape index (κ3) is 4.10. The molecule has 0 atom stereocenters. The topological polar surface area (TPSA) is 130 Å². The number of sulfone groups is 1. The van der Waals surface area contributed by atoms with Crippen LogP contribution in [0, 0.1) is 5.41 Å². The van der Waals surface area contributed by atoms with Gasteiger partial charge >= 0.3 is 0 Å². The lowest BCUT2D eigenvalue weighted by Gasteiger charge is -2.05. The molecule has 0 spiro atoms. The molecule has 1 aromatic carbocycles. The number of nitrogens with two attached hydrogens (primary N) is 1. The fourth-order valence-electron chi connectivity index (χ4n) is 2.24. The number of nitrogens with one attached hydrogen (secondary N) is 2. The van der Waals surface area contributed by atoms with Crippen molar-refractivity contribution in [2.24, 2.45) is 5.73 Å². The number of thioether (sulfide) groups is 1. The largest absolute Gasteiger partial charge is 0.383 e. The third-order valence-corrected chi connectivity index (χ3v) is 10.6. The average molecular weight is 474 g/mol. The predicted octanol–water partition coefficient (Wildman–Crippen LogP) is 3.45. The van der Waals surface area contributed by atoms with Crippen LogP contribution in [0.3, 0.4) is 0 Å². The van der Waals surface area contributed by atoms with E-state index in [0.717, 1.165) is 17.4 Å². The molecule has 0 aliphatic rings. The molecule has 2 heterocycles.